The van der Waals surface area contributed by atoms with Crippen LogP contribution in [0.5, 0.6) is 0 Å². The number of hydrogen-bond donors (Lipinski definition) is 3. The molecular weight excluding hydrogens is 292 g/mol. The van der Waals surface area contributed by atoms with Crippen LogP contribution in [0, 0.1) is 0 Å². The van der Waals surface area contributed by atoms with Crippen molar-refractivity contribution in [3.05, 3.63) is 53.6 Å². The average Bonchev–Trinajstić information content (AvgIpc) is 2.69. The molecule has 4 nitrogen and oxygen atoms in total. The van der Waals surface area contributed by atoms with Crippen LogP contribution in [0.2, 0.25) is 0 Å². The van der Waals surface area contributed by atoms with Crippen molar-refractivity contribution < 1.29 is 20.1 Å². The minimum Gasteiger partial charge on any atom is -0.481 e. The molecule has 2 rings (SSSR count). The number of aliphatic carboxylic acids is 1. The molecule has 0 amide bonds. The van der Waals surface area contributed by atoms with Gasteiger partial charge in [-0.3, -0.25) is 4.79 Å². The minimum absolute atomic E-state index is 0.0303. The van der Waals surface area contributed by atoms with E-state index in [-0.39, 0.29) is 12.8 Å². The number of rotatable bonds is 6. The summed E-state index contributed by atoms with van der Waals surface area (Å²) in [5.74, 6) is -1.06. The molecular formula is C19H24O4. The van der Waals surface area contributed by atoms with E-state index in [0.717, 1.165) is 19.3 Å². The SMILES string of the molecule is O=C(O)C[C@H](O)C[C@H](O)C=CC=C1CCCCc2ccccc21. The Hall–Kier alpha value is -1.91. The number of hydrogen-bond acceptors (Lipinski definition) is 3. The van der Waals surface area contributed by atoms with Crippen molar-refractivity contribution in [2.45, 2.75) is 50.7 Å². The highest BCUT2D eigenvalue weighted by Gasteiger charge is 2.13. The van der Waals surface area contributed by atoms with E-state index < -0.39 is 18.2 Å². The number of carboxylic acid groups (broad SMARTS) is 1. The number of allylic oxidation sites excluding steroid dienone is 3. The van der Waals surface area contributed by atoms with Gasteiger partial charge in [0.25, 0.3) is 0 Å². The Balaban J connectivity index is 2.00. The third-order valence-corrected chi connectivity index (χ3v) is 4.06. The second-order valence-corrected chi connectivity index (χ2v) is 6.00. The molecule has 0 saturated carbocycles. The topological polar surface area (TPSA) is 77.8 Å². The van der Waals surface area contributed by atoms with Crippen molar-refractivity contribution >= 4 is 11.5 Å². The monoisotopic (exact) mass is 316 g/mol. The first kappa shape index (κ1) is 17.4. The Kier molecular flexibility index (Phi) is 6.56. The average molecular weight is 316 g/mol. The van der Waals surface area contributed by atoms with Crippen molar-refractivity contribution in [3.8, 4) is 0 Å². The maximum Gasteiger partial charge on any atom is 0.305 e. The van der Waals surface area contributed by atoms with Gasteiger partial charge in [-0.2, -0.15) is 0 Å². The normalized spacial score (nSPS) is 19.3. The predicted octanol–water partition coefficient (Wildman–Crippen LogP) is 2.94. The van der Waals surface area contributed by atoms with Gasteiger partial charge in [-0.05, 0) is 42.4 Å². The van der Waals surface area contributed by atoms with E-state index >= 15 is 0 Å². The maximum absolute atomic E-state index is 10.5. The smallest absolute Gasteiger partial charge is 0.305 e. The third-order valence-electron chi connectivity index (χ3n) is 4.06. The zero-order chi connectivity index (χ0) is 16.7. The van der Waals surface area contributed by atoms with Crippen LogP contribution >= 0.6 is 0 Å². The lowest BCUT2D eigenvalue weighted by atomic mass is 9.98. The zero-order valence-electron chi connectivity index (χ0n) is 13.2. The van der Waals surface area contributed by atoms with Crippen molar-refractivity contribution in [2.75, 3.05) is 0 Å². The van der Waals surface area contributed by atoms with Gasteiger partial charge in [-0.25, -0.2) is 0 Å². The highest BCUT2D eigenvalue weighted by atomic mass is 16.4. The van der Waals surface area contributed by atoms with Gasteiger partial charge in [0.15, 0.2) is 0 Å². The highest BCUT2D eigenvalue weighted by Crippen LogP contribution is 2.29. The van der Waals surface area contributed by atoms with Crippen LogP contribution in [0.15, 0.2) is 42.5 Å². The molecule has 1 aromatic rings. The first-order chi connectivity index (χ1) is 11.1. The maximum atomic E-state index is 10.5. The second-order valence-electron chi connectivity index (χ2n) is 6.00. The number of benzene rings is 1. The Bertz CT molecular complexity index is 589. The van der Waals surface area contributed by atoms with Gasteiger partial charge in [0.2, 0.25) is 0 Å². The van der Waals surface area contributed by atoms with E-state index in [4.69, 9.17) is 5.11 Å². The summed E-state index contributed by atoms with van der Waals surface area (Å²) < 4.78 is 0. The lowest BCUT2D eigenvalue weighted by Gasteiger charge is -2.10. The van der Waals surface area contributed by atoms with Gasteiger partial charge in [0, 0.05) is 6.42 Å². The van der Waals surface area contributed by atoms with E-state index in [1.807, 2.05) is 12.1 Å². The van der Waals surface area contributed by atoms with Crippen LogP contribution in [-0.2, 0) is 11.2 Å². The van der Waals surface area contributed by atoms with E-state index in [1.54, 1.807) is 12.2 Å². The van der Waals surface area contributed by atoms with Gasteiger partial charge < -0.3 is 15.3 Å². The quantitative estimate of drug-likeness (QED) is 0.705. The summed E-state index contributed by atoms with van der Waals surface area (Å²) in [6.45, 7) is 0. The molecule has 1 aliphatic rings. The summed E-state index contributed by atoms with van der Waals surface area (Å²) >= 11 is 0. The summed E-state index contributed by atoms with van der Waals surface area (Å²) in [7, 11) is 0. The van der Waals surface area contributed by atoms with Gasteiger partial charge in [-0.1, -0.05) is 42.5 Å². The van der Waals surface area contributed by atoms with Crippen molar-refractivity contribution in [2.24, 2.45) is 0 Å². The summed E-state index contributed by atoms with van der Waals surface area (Å²) in [5, 5.41) is 28.0. The first-order valence-corrected chi connectivity index (χ1v) is 8.10. The number of aryl methyl sites for hydroxylation is 1. The lowest BCUT2D eigenvalue weighted by Crippen LogP contribution is -2.19. The summed E-state index contributed by atoms with van der Waals surface area (Å²) in [6.07, 6.45) is 7.66. The van der Waals surface area contributed by atoms with Crippen LogP contribution in [0.25, 0.3) is 5.57 Å². The molecule has 0 aromatic heterocycles. The number of aliphatic hydroxyl groups excluding tert-OH is 2. The fraction of sp³-hybridized carbons (Fsp3) is 0.421. The van der Waals surface area contributed by atoms with E-state index in [0.29, 0.717) is 0 Å². The van der Waals surface area contributed by atoms with Gasteiger partial charge in [-0.15, -0.1) is 0 Å². The van der Waals surface area contributed by atoms with Crippen molar-refractivity contribution in [3.63, 3.8) is 0 Å². The number of fused-ring (bicyclic) bond motifs is 1. The molecule has 0 radical (unpaired) electrons. The molecule has 0 unspecified atom stereocenters. The Labute approximate surface area is 136 Å². The van der Waals surface area contributed by atoms with Crippen LogP contribution in [-0.4, -0.2) is 33.5 Å². The predicted molar refractivity (Wildman–Crippen MR) is 90.0 cm³/mol. The van der Waals surface area contributed by atoms with Crippen LogP contribution in [0.4, 0.5) is 0 Å². The standard InChI is InChI=1S/C19H24O4/c20-16(12-17(21)13-19(22)23)10-5-9-15-7-2-1-6-14-8-3-4-11-18(14)15/h3-5,8-11,16-17,20-21H,1-2,6-7,12-13H2,(H,22,23)/t16-,17-/m1/s1. The molecule has 2 atom stereocenters. The molecule has 0 saturated heterocycles. The van der Waals surface area contributed by atoms with Gasteiger partial charge in [0.05, 0.1) is 18.6 Å². The molecule has 0 spiro atoms. The fourth-order valence-electron chi connectivity index (χ4n) is 2.93. The Morgan fingerprint density at radius 2 is 1.91 bits per heavy atom. The van der Waals surface area contributed by atoms with Crippen LogP contribution in [0.1, 0.15) is 43.2 Å². The number of aliphatic hydroxyl groups is 2. The Morgan fingerprint density at radius 1 is 1.17 bits per heavy atom. The zero-order valence-corrected chi connectivity index (χ0v) is 13.2. The highest BCUT2D eigenvalue weighted by molar-refractivity contribution is 5.70. The second kappa shape index (κ2) is 8.65. The number of carbonyl (C=O) groups is 1. The molecule has 23 heavy (non-hydrogen) atoms. The molecule has 0 fully saturated rings. The van der Waals surface area contributed by atoms with E-state index in [2.05, 4.69) is 18.2 Å². The summed E-state index contributed by atoms with van der Waals surface area (Å²) in [6, 6.07) is 8.40. The molecule has 3 N–H and O–H groups in total. The lowest BCUT2D eigenvalue weighted by molar-refractivity contribution is -0.139. The van der Waals surface area contributed by atoms with E-state index in [1.165, 1.54) is 23.1 Å². The molecule has 1 aromatic carbocycles. The number of carboxylic acids is 1. The molecule has 0 heterocycles. The minimum atomic E-state index is -1.06. The molecule has 0 aliphatic heterocycles. The van der Waals surface area contributed by atoms with Gasteiger partial charge >= 0.3 is 5.97 Å². The van der Waals surface area contributed by atoms with Crippen LogP contribution in [0.3, 0.4) is 0 Å². The molecule has 1 aliphatic carbocycles. The summed E-state index contributed by atoms with van der Waals surface area (Å²) in [4.78, 5) is 10.5. The van der Waals surface area contributed by atoms with E-state index in [9.17, 15) is 15.0 Å². The first-order valence-electron chi connectivity index (χ1n) is 8.10. The largest absolute Gasteiger partial charge is 0.481 e. The summed E-state index contributed by atoms with van der Waals surface area (Å²) in [5.41, 5.74) is 3.89. The van der Waals surface area contributed by atoms with Crippen LogP contribution < -0.4 is 0 Å². The molecule has 0 bridgehead atoms. The van der Waals surface area contributed by atoms with Crippen molar-refractivity contribution in [1.82, 2.24) is 0 Å². The van der Waals surface area contributed by atoms with Crippen molar-refractivity contribution in [1.29, 1.82) is 0 Å². The fourth-order valence-corrected chi connectivity index (χ4v) is 2.93. The van der Waals surface area contributed by atoms with Gasteiger partial charge in [0.1, 0.15) is 0 Å². The Morgan fingerprint density at radius 3 is 2.70 bits per heavy atom. The third kappa shape index (κ3) is 5.66. The molecule has 4 heteroatoms. The molecule has 124 valence electrons.